The highest BCUT2D eigenvalue weighted by molar-refractivity contribution is 9.10. The third-order valence-corrected chi connectivity index (χ3v) is 2.58. The summed E-state index contributed by atoms with van der Waals surface area (Å²) in [6, 6.07) is 7.35. The van der Waals surface area contributed by atoms with Gasteiger partial charge in [-0.05, 0) is 31.2 Å². The molecule has 0 radical (unpaired) electrons. The Balaban J connectivity index is 2.63. The number of halogens is 1. The molecule has 1 aromatic heterocycles. The van der Waals surface area contributed by atoms with Gasteiger partial charge in [-0.2, -0.15) is 5.10 Å². The Labute approximate surface area is 95.9 Å². The zero-order valence-corrected chi connectivity index (χ0v) is 9.73. The fourth-order valence-electron chi connectivity index (χ4n) is 1.40. The number of Topliss-reactive ketones (excluding diaryl/α,β-unsaturated/α-hetero) is 1. The summed E-state index contributed by atoms with van der Waals surface area (Å²) in [6.45, 7) is 1.55. The van der Waals surface area contributed by atoms with E-state index < -0.39 is 0 Å². The molecule has 0 unspecified atom stereocenters. The van der Waals surface area contributed by atoms with Crippen molar-refractivity contribution in [3.63, 3.8) is 0 Å². The number of rotatable bonds is 2. The Hall–Kier alpha value is -1.42. The van der Waals surface area contributed by atoms with Crippen molar-refractivity contribution in [3.05, 3.63) is 46.7 Å². The number of benzene rings is 1. The van der Waals surface area contributed by atoms with Gasteiger partial charge in [0, 0.05) is 22.4 Å². The first-order valence-corrected chi connectivity index (χ1v) is 5.28. The Bertz CT molecular complexity index is 491. The Morgan fingerprint density at radius 2 is 2.27 bits per heavy atom. The van der Waals surface area contributed by atoms with Crippen LogP contribution in [0.3, 0.4) is 0 Å². The minimum absolute atomic E-state index is 0.0352. The lowest BCUT2D eigenvalue weighted by Gasteiger charge is -2.07. The zero-order valence-electron chi connectivity index (χ0n) is 8.14. The second-order valence-electron chi connectivity index (χ2n) is 3.17. The summed E-state index contributed by atoms with van der Waals surface area (Å²) in [7, 11) is 0. The molecule has 4 heteroatoms. The van der Waals surface area contributed by atoms with E-state index in [9.17, 15) is 4.79 Å². The number of hydrogen-bond acceptors (Lipinski definition) is 2. The smallest absolute Gasteiger partial charge is 0.161 e. The van der Waals surface area contributed by atoms with Gasteiger partial charge in [0.2, 0.25) is 0 Å². The zero-order chi connectivity index (χ0) is 10.8. The third kappa shape index (κ3) is 1.99. The van der Waals surface area contributed by atoms with Gasteiger partial charge >= 0.3 is 0 Å². The van der Waals surface area contributed by atoms with E-state index in [-0.39, 0.29) is 5.78 Å². The van der Waals surface area contributed by atoms with Gasteiger partial charge in [-0.3, -0.25) is 4.79 Å². The Morgan fingerprint density at radius 1 is 1.47 bits per heavy atom. The highest BCUT2D eigenvalue weighted by atomic mass is 79.9. The summed E-state index contributed by atoms with van der Waals surface area (Å²) in [4.78, 5) is 11.4. The van der Waals surface area contributed by atoms with Crippen molar-refractivity contribution in [2.24, 2.45) is 0 Å². The molecular weight excluding hydrogens is 256 g/mol. The molecule has 0 aliphatic heterocycles. The highest BCUT2D eigenvalue weighted by Crippen LogP contribution is 2.20. The number of carbonyl (C=O) groups excluding carboxylic acids is 1. The van der Waals surface area contributed by atoms with E-state index in [1.165, 1.54) is 0 Å². The van der Waals surface area contributed by atoms with Crippen LogP contribution in [-0.2, 0) is 0 Å². The van der Waals surface area contributed by atoms with Crippen molar-refractivity contribution in [2.75, 3.05) is 0 Å². The maximum atomic E-state index is 11.4. The summed E-state index contributed by atoms with van der Waals surface area (Å²) >= 11 is 3.38. The Kier molecular flexibility index (Phi) is 2.68. The second kappa shape index (κ2) is 3.98. The molecule has 15 heavy (non-hydrogen) atoms. The average molecular weight is 265 g/mol. The number of carbonyl (C=O) groups is 1. The molecule has 0 aliphatic rings. The van der Waals surface area contributed by atoms with Crippen molar-refractivity contribution in [3.8, 4) is 5.69 Å². The van der Waals surface area contributed by atoms with Crippen LogP contribution in [0, 0.1) is 0 Å². The van der Waals surface area contributed by atoms with Crippen LogP contribution in [0.1, 0.15) is 17.3 Å². The lowest BCUT2D eigenvalue weighted by atomic mass is 10.1. The number of ketones is 1. The summed E-state index contributed by atoms with van der Waals surface area (Å²) in [5.41, 5.74) is 1.46. The van der Waals surface area contributed by atoms with Crippen molar-refractivity contribution >= 4 is 21.7 Å². The molecule has 0 fully saturated rings. The van der Waals surface area contributed by atoms with Crippen LogP contribution < -0.4 is 0 Å². The molecule has 76 valence electrons. The SMILES string of the molecule is CC(=O)c1ccc(Br)cc1-n1cccn1. The van der Waals surface area contributed by atoms with Gasteiger partial charge in [0.15, 0.2) is 5.78 Å². The fraction of sp³-hybridized carbons (Fsp3) is 0.0909. The summed E-state index contributed by atoms with van der Waals surface area (Å²) in [6.07, 6.45) is 3.50. The van der Waals surface area contributed by atoms with Crippen molar-refractivity contribution in [1.29, 1.82) is 0 Å². The highest BCUT2D eigenvalue weighted by Gasteiger charge is 2.09. The van der Waals surface area contributed by atoms with Crippen LogP contribution in [0.2, 0.25) is 0 Å². The number of nitrogens with zero attached hydrogens (tertiary/aromatic N) is 2. The van der Waals surface area contributed by atoms with Gasteiger partial charge in [-0.15, -0.1) is 0 Å². The minimum atomic E-state index is 0.0352. The van der Waals surface area contributed by atoms with Gasteiger partial charge in [-0.1, -0.05) is 15.9 Å². The van der Waals surface area contributed by atoms with Gasteiger partial charge < -0.3 is 0 Å². The number of hydrogen-bond donors (Lipinski definition) is 0. The molecule has 0 bridgehead atoms. The van der Waals surface area contributed by atoms with Crippen molar-refractivity contribution in [2.45, 2.75) is 6.92 Å². The molecule has 2 rings (SSSR count). The lowest BCUT2D eigenvalue weighted by Crippen LogP contribution is -2.03. The van der Waals surface area contributed by atoms with Gasteiger partial charge in [-0.25, -0.2) is 4.68 Å². The molecule has 0 saturated heterocycles. The predicted octanol–water partition coefficient (Wildman–Crippen LogP) is 2.84. The molecule has 1 aromatic carbocycles. The van der Waals surface area contributed by atoms with Crippen LogP contribution >= 0.6 is 15.9 Å². The van der Waals surface area contributed by atoms with Crippen molar-refractivity contribution < 1.29 is 4.79 Å². The summed E-state index contributed by atoms with van der Waals surface area (Å²) < 4.78 is 2.61. The molecule has 0 atom stereocenters. The molecule has 0 spiro atoms. The van der Waals surface area contributed by atoms with Gasteiger partial charge in [0.25, 0.3) is 0 Å². The first-order chi connectivity index (χ1) is 7.18. The van der Waals surface area contributed by atoms with E-state index in [1.807, 2.05) is 24.4 Å². The maximum Gasteiger partial charge on any atom is 0.161 e. The Morgan fingerprint density at radius 3 is 2.87 bits per heavy atom. The molecule has 2 aromatic rings. The molecule has 1 heterocycles. The topological polar surface area (TPSA) is 34.9 Å². The predicted molar refractivity (Wildman–Crippen MR) is 61.3 cm³/mol. The standard InChI is InChI=1S/C11H9BrN2O/c1-8(15)10-4-3-9(12)7-11(10)14-6-2-5-13-14/h2-7H,1H3. The lowest BCUT2D eigenvalue weighted by molar-refractivity contribution is 0.101. The minimum Gasteiger partial charge on any atom is -0.294 e. The molecule has 0 N–H and O–H groups in total. The summed E-state index contributed by atoms with van der Waals surface area (Å²) in [5, 5.41) is 4.11. The largest absolute Gasteiger partial charge is 0.294 e. The van der Waals surface area contributed by atoms with Crippen LogP contribution in [0.25, 0.3) is 5.69 Å². The first-order valence-electron chi connectivity index (χ1n) is 4.49. The quantitative estimate of drug-likeness (QED) is 0.782. The van der Waals surface area contributed by atoms with Crippen LogP contribution in [0.4, 0.5) is 0 Å². The number of aromatic nitrogens is 2. The maximum absolute atomic E-state index is 11.4. The van der Waals surface area contributed by atoms with E-state index in [0.29, 0.717) is 5.56 Å². The molecule has 0 saturated carbocycles. The third-order valence-electron chi connectivity index (χ3n) is 2.09. The van der Waals surface area contributed by atoms with Crippen molar-refractivity contribution in [1.82, 2.24) is 9.78 Å². The van der Waals surface area contributed by atoms with E-state index in [2.05, 4.69) is 21.0 Å². The van der Waals surface area contributed by atoms with E-state index in [0.717, 1.165) is 10.2 Å². The van der Waals surface area contributed by atoms with E-state index in [1.54, 1.807) is 23.9 Å². The van der Waals surface area contributed by atoms with Gasteiger partial charge in [0.05, 0.1) is 5.69 Å². The molecule has 3 nitrogen and oxygen atoms in total. The molecule has 0 amide bonds. The summed E-state index contributed by atoms with van der Waals surface area (Å²) in [5.74, 6) is 0.0352. The fourth-order valence-corrected chi connectivity index (χ4v) is 1.75. The van der Waals surface area contributed by atoms with Crippen LogP contribution in [-0.4, -0.2) is 15.6 Å². The van der Waals surface area contributed by atoms with Gasteiger partial charge in [0.1, 0.15) is 0 Å². The monoisotopic (exact) mass is 264 g/mol. The molecule has 0 aliphatic carbocycles. The average Bonchev–Trinajstić information content (AvgIpc) is 2.69. The first kappa shape index (κ1) is 10.1. The second-order valence-corrected chi connectivity index (χ2v) is 4.08. The normalized spacial score (nSPS) is 10.3. The van der Waals surface area contributed by atoms with Crippen LogP contribution in [0.15, 0.2) is 41.1 Å². The van der Waals surface area contributed by atoms with E-state index in [4.69, 9.17) is 0 Å². The van der Waals surface area contributed by atoms with E-state index >= 15 is 0 Å². The molecular formula is C11H9BrN2O. The van der Waals surface area contributed by atoms with Crippen LogP contribution in [0.5, 0.6) is 0 Å².